The van der Waals surface area contributed by atoms with Gasteiger partial charge < -0.3 is 11.1 Å². The predicted octanol–water partition coefficient (Wildman–Crippen LogP) is 5.20. The first-order valence-corrected chi connectivity index (χ1v) is 7.84. The van der Waals surface area contributed by atoms with Crippen molar-refractivity contribution in [3.63, 3.8) is 0 Å². The Balaban J connectivity index is 1.89. The highest BCUT2D eigenvalue weighted by Crippen LogP contribution is 2.35. The van der Waals surface area contributed by atoms with Gasteiger partial charge in [-0.3, -0.25) is 0 Å². The number of rotatable bonds is 4. The van der Waals surface area contributed by atoms with Gasteiger partial charge in [0.25, 0.3) is 0 Å². The molecule has 106 valence electrons. The van der Waals surface area contributed by atoms with Gasteiger partial charge in [0.2, 0.25) is 0 Å². The maximum absolute atomic E-state index is 6.17. The molecule has 1 fully saturated rings. The van der Waals surface area contributed by atoms with E-state index in [0.717, 1.165) is 24.1 Å². The molecule has 0 saturated heterocycles. The van der Waals surface area contributed by atoms with Gasteiger partial charge >= 0.3 is 0 Å². The molecule has 3 N–H and O–H groups in total. The molecule has 0 radical (unpaired) electrons. The summed E-state index contributed by atoms with van der Waals surface area (Å²) < 4.78 is 0. The second kappa shape index (κ2) is 6.71. The highest BCUT2D eigenvalue weighted by atomic mass is 35.5. The molecule has 2 rings (SSSR count). The Morgan fingerprint density at radius 3 is 2.16 bits per heavy atom. The van der Waals surface area contributed by atoms with E-state index < -0.39 is 0 Å². The van der Waals surface area contributed by atoms with Gasteiger partial charge in [0.1, 0.15) is 0 Å². The van der Waals surface area contributed by atoms with Crippen molar-refractivity contribution in [3.05, 3.63) is 22.2 Å². The fourth-order valence-electron chi connectivity index (χ4n) is 2.85. The minimum Gasteiger partial charge on any atom is -0.399 e. The molecule has 1 aromatic carbocycles. The molecule has 4 heteroatoms. The summed E-state index contributed by atoms with van der Waals surface area (Å²) in [5, 5.41) is 4.60. The Bertz CT molecular complexity index is 403. The number of hydrogen-bond donors (Lipinski definition) is 2. The molecule has 2 nitrogen and oxygen atoms in total. The zero-order chi connectivity index (χ0) is 13.8. The number of anilines is 2. The molecule has 0 aromatic heterocycles. The van der Waals surface area contributed by atoms with Crippen LogP contribution in [0.4, 0.5) is 11.4 Å². The maximum atomic E-state index is 6.17. The van der Waals surface area contributed by atoms with Crippen LogP contribution in [0.5, 0.6) is 0 Å². The largest absolute Gasteiger partial charge is 0.399 e. The Hall–Kier alpha value is -0.600. The minimum absolute atomic E-state index is 0.601. The molecule has 1 aliphatic rings. The lowest BCUT2D eigenvalue weighted by Gasteiger charge is -2.28. The van der Waals surface area contributed by atoms with Crippen LogP contribution in [0.25, 0.3) is 0 Å². The van der Waals surface area contributed by atoms with E-state index >= 15 is 0 Å². The first kappa shape index (κ1) is 14.8. The molecule has 0 aliphatic heterocycles. The van der Waals surface area contributed by atoms with Gasteiger partial charge in [0, 0.05) is 12.2 Å². The molecule has 0 heterocycles. The number of halogens is 2. The van der Waals surface area contributed by atoms with Gasteiger partial charge in [-0.1, -0.05) is 49.4 Å². The zero-order valence-corrected chi connectivity index (χ0v) is 12.9. The van der Waals surface area contributed by atoms with Crippen LogP contribution in [0.15, 0.2) is 12.1 Å². The normalized spacial score (nSPS) is 23.3. The molecule has 1 aliphatic carbocycles. The molecular weight excluding hydrogens is 279 g/mol. The third-order valence-electron chi connectivity index (χ3n) is 4.18. The van der Waals surface area contributed by atoms with Crippen molar-refractivity contribution >= 4 is 34.6 Å². The van der Waals surface area contributed by atoms with Crippen molar-refractivity contribution < 1.29 is 0 Å². The van der Waals surface area contributed by atoms with Crippen molar-refractivity contribution in [1.29, 1.82) is 0 Å². The summed E-state index contributed by atoms with van der Waals surface area (Å²) in [6.45, 7) is 3.23. The number of nitrogen functional groups attached to an aromatic ring is 1. The standard InChI is InChI=1S/C15H22Cl2N2/c1-2-10-3-5-11(6-4-10)9-19-15-13(16)7-12(18)8-14(15)17/h7-8,10-11,19H,2-6,9,18H2,1H3. The van der Waals surface area contributed by atoms with Crippen LogP contribution in [0.2, 0.25) is 10.0 Å². The van der Waals surface area contributed by atoms with Crippen LogP contribution in [-0.4, -0.2) is 6.54 Å². The molecule has 0 amide bonds. The number of hydrogen-bond acceptors (Lipinski definition) is 2. The van der Waals surface area contributed by atoms with E-state index in [1.54, 1.807) is 12.1 Å². The second-order valence-corrected chi connectivity index (χ2v) is 6.35. The first-order valence-electron chi connectivity index (χ1n) is 7.08. The third kappa shape index (κ3) is 3.93. The highest BCUT2D eigenvalue weighted by molar-refractivity contribution is 6.39. The van der Waals surface area contributed by atoms with Crippen LogP contribution in [0, 0.1) is 11.8 Å². The maximum Gasteiger partial charge on any atom is 0.0720 e. The summed E-state index contributed by atoms with van der Waals surface area (Å²) in [5.74, 6) is 1.66. The molecule has 0 spiro atoms. The van der Waals surface area contributed by atoms with Crippen molar-refractivity contribution in [2.24, 2.45) is 11.8 Å². The Morgan fingerprint density at radius 2 is 1.63 bits per heavy atom. The molecular formula is C15H22Cl2N2. The number of nitrogens with one attached hydrogen (secondary N) is 1. The first-order chi connectivity index (χ1) is 9.10. The predicted molar refractivity (Wildman–Crippen MR) is 85.1 cm³/mol. The monoisotopic (exact) mass is 300 g/mol. The van der Waals surface area contributed by atoms with E-state index in [0.29, 0.717) is 15.7 Å². The van der Waals surface area contributed by atoms with Crippen molar-refractivity contribution in [2.75, 3.05) is 17.6 Å². The fourth-order valence-corrected chi connectivity index (χ4v) is 3.49. The second-order valence-electron chi connectivity index (χ2n) is 5.54. The van der Waals surface area contributed by atoms with E-state index in [1.165, 1.54) is 32.1 Å². The summed E-state index contributed by atoms with van der Waals surface area (Å²) >= 11 is 12.3. The van der Waals surface area contributed by atoms with Gasteiger partial charge in [-0.15, -0.1) is 0 Å². The molecule has 0 bridgehead atoms. The van der Waals surface area contributed by atoms with Crippen LogP contribution in [0.1, 0.15) is 39.0 Å². The van der Waals surface area contributed by atoms with Crippen LogP contribution >= 0.6 is 23.2 Å². The average Bonchev–Trinajstić information content (AvgIpc) is 2.38. The van der Waals surface area contributed by atoms with Gasteiger partial charge in [0.05, 0.1) is 15.7 Å². The van der Waals surface area contributed by atoms with E-state index in [9.17, 15) is 0 Å². The van der Waals surface area contributed by atoms with Gasteiger partial charge in [-0.05, 0) is 36.8 Å². The smallest absolute Gasteiger partial charge is 0.0720 e. The highest BCUT2D eigenvalue weighted by Gasteiger charge is 2.20. The van der Waals surface area contributed by atoms with Crippen LogP contribution in [-0.2, 0) is 0 Å². The lowest BCUT2D eigenvalue weighted by molar-refractivity contribution is 0.278. The number of nitrogens with two attached hydrogens (primary N) is 1. The van der Waals surface area contributed by atoms with E-state index in [1.807, 2.05) is 0 Å². The quantitative estimate of drug-likeness (QED) is 0.750. The summed E-state index contributed by atoms with van der Waals surface area (Å²) in [6.07, 6.45) is 6.62. The molecule has 0 unspecified atom stereocenters. The van der Waals surface area contributed by atoms with Gasteiger partial charge in [-0.25, -0.2) is 0 Å². The SMILES string of the molecule is CCC1CCC(CNc2c(Cl)cc(N)cc2Cl)CC1. The topological polar surface area (TPSA) is 38.0 Å². The summed E-state index contributed by atoms with van der Waals surface area (Å²) in [4.78, 5) is 0. The number of benzene rings is 1. The molecule has 0 atom stereocenters. The van der Waals surface area contributed by atoms with Crippen molar-refractivity contribution in [1.82, 2.24) is 0 Å². The van der Waals surface area contributed by atoms with E-state index in [4.69, 9.17) is 28.9 Å². The minimum atomic E-state index is 0.601. The lowest BCUT2D eigenvalue weighted by Crippen LogP contribution is -2.21. The summed E-state index contributed by atoms with van der Waals surface area (Å²) in [7, 11) is 0. The fraction of sp³-hybridized carbons (Fsp3) is 0.600. The third-order valence-corrected chi connectivity index (χ3v) is 4.77. The van der Waals surface area contributed by atoms with Gasteiger partial charge in [-0.2, -0.15) is 0 Å². The van der Waals surface area contributed by atoms with E-state index in [-0.39, 0.29) is 0 Å². The van der Waals surface area contributed by atoms with Crippen molar-refractivity contribution in [3.8, 4) is 0 Å². The van der Waals surface area contributed by atoms with Gasteiger partial charge in [0.15, 0.2) is 0 Å². The summed E-state index contributed by atoms with van der Waals surface area (Å²) in [5.41, 5.74) is 7.12. The van der Waals surface area contributed by atoms with Crippen LogP contribution in [0.3, 0.4) is 0 Å². The summed E-state index contributed by atoms with van der Waals surface area (Å²) in [6, 6.07) is 3.48. The Labute approximate surface area is 125 Å². The molecule has 1 saturated carbocycles. The average molecular weight is 301 g/mol. The Kier molecular flexibility index (Phi) is 5.23. The van der Waals surface area contributed by atoms with Crippen molar-refractivity contribution in [2.45, 2.75) is 39.0 Å². The zero-order valence-electron chi connectivity index (χ0n) is 11.4. The molecule has 19 heavy (non-hydrogen) atoms. The lowest BCUT2D eigenvalue weighted by atomic mass is 9.81. The molecule has 1 aromatic rings. The Morgan fingerprint density at radius 1 is 1.11 bits per heavy atom. The van der Waals surface area contributed by atoms with Crippen LogP contribution < -0.4 is 11.1 Å². The van der Waals surface area contributed by atoms with E-state index in [2.05, 4.69) is 12.2 Å².